The van der Waals surface area contributed by atoms with E-state index in [2.05, 4.69) is 53.5 Å². The summed E-state index contributed by atoms with van der Waals surface area (Å²) in [5.74, 6) is 0.424. The zero-order valence-electron chi connectivity index (χ0n) is 15.5. The molecule has 24 heavy (non-hydrogen) atoms. The summed E-state index contributed by atoms with van der Waals surface area (Å²) >= 11 is 0. The molecule has 1 aliphatic heterocycles. The summed E-state index contributed by atoms with van der Waals surface area (Å²) in [5, 5.41) is 5.85. The van der Waals surface area contributed by atoms with E-state index >= 15 is 0 Å². The smallest absolute Gasteiger partial charge is 0.319 e. The van der Waals surface area contributed by atoms with Crippen molar-refractivity contribution in [2.24, 2.45) is 5.92 Å². The van der Waals surface area contributed by atoms with E-state index in [1.165, 1.54) is 5.56 Å². The van der Waals surface area contributed by atoms with Gasteiger partial charge in [-0.05, 0) is 44.0 Å². The van der Waals surface area contributed by atoms with Crippen LogP contribution in [0.5, 0.6) is 0 Å². The first-order chi connectivity index (χ1) is 11.4. The van der Waals surface area contributed by atoms with Crippen molar-refractivity contribution in [3.8, 4) is 0 Å². The highest BCUT2D eigenvalue weighted by molar-refractivity contribution is 5.89. The predicted octanol–water partition coefficient (Wildman–Crippen LogP) is 2.64. The zero-order chi connectivity index (χ0) is 17.5. The Morgan fingerprint density at radius 2 is 1.71 bits per heavy atom. The maximum absolute atomic E-state index is 11.9. The number of rotatable bonds is 6. The fourth-order valence-electron chi connectivity index (χ4n) is 2.65. The van der Waals surface area contributed by atoms with Crippen molar-refractivity contribution in [2.45, 2.75) is 33.2 Å². The Morgan fingerprint density at radius 1 is 1.08 bits per heavy atom. The molecule has 2 amide bonds. The minimum Gasteiger partial charge on any atom is -0.335 e. The third-order valence-electron chi connectivity index (χ3n) is 4.88. The summed E-state index contributed by atoms with van der Waals surface area (Å²) in [6, 6.07) is 8.21. The Labute approximate surface area is 146 Å². The van der Waals surface area contributed by atoms with E-state index in [-0.39, 0.29) is 12.1 Å². The largest absolute Gasteiger partial charge is 0.335 e. The van der Waals surface area contributed by atoms with Crippen molar-refractivity contribution in [3.05, 3.63) is 29.8 Å². The second-order valence-electron chi connectivity index (χ2n) is 7.22. The van der Waals surface area contributed by atoms with Gasteiger partial charge in [0.25, 0.3) is 0 Å². The van der Waals surface area contributed by atoms with Crippen molar-refractivity contribution >= 4 is 11.7 Å². The van der Waals surface area contributed by atoms with Crippen molar-refractivity contribution in [1.82, 2.24) is 15.1 Å². The van der Waals surface area contributed by atoms with E-state index in [1.807, 2.05) is 19.1 Å². The first kappa shape index (κ1) is 18.7. The quantitative estimate of drug-likeness (QED) is 0.842. The Kier molecular flexibility index (Phi) is 7.06. The normalized spacial score (nSPS) is 17.7. The van der Waals surface area contributed by atoms with Gasteiger partial charge in [0.05, 0.1) is 0 Å². The monoisotopic (exact) mass is 332 g/mol. The van der Waals surface area contributed by atoms with E-state index in [1.54, 1.807) is 0 Å². The molecule has 0 aromatic heterocycles. The van der Waals surface area contributed by atoms with Gasteiger partial charge in [0, 0.05) is 44.5 Å². The minimum absolute atomic E-state index is 0.138. The van der Waals surface area contributed by atoms with Gasteiger partial charge in [0.2, 0.25) is 0 Å². The van der Waals surface area contributed by atoms with Crippen molar-refractivity contribution in [2.75, 3.05) is 45.1 Å². The van der Waals surface area contributed by atoms with Crippen LogP contribution >= 0.6 is 0 Å². The van der Waals surface area contributed by atoms with Gasteiger partial charge >= 0.3 is 6.03 Å². The van der Waals surface area contributed by atoms with Crippen molar-refractivity contribution in [1.29, 1.82) is 0 Å². The lowest BCUT2D eigenvalue weighted by atomic mass is 10.1. The van der Waals surface area contributed by atoms with Crippen molar-refractivity contribution < 1.29 is 4.79 Å². The van der Waals surface area contributed by atoms with Crippen LogP contribution in [-0.4, -0.2) is 61.6 Å². The van der Waals surface area contributed by atoms with Gasteiger partial charge in [-0.1, -0.05) is 26.0 Å². The van der Waals surface area contributed by atoms with E-state index in [0.29, 0.717) is 5.92 Å². The van der Waals surface area contributed by atoms with E-state index in [9.17, 15) is 4.79 Å². The SMILES string of the molecule is CC(C)[C@@H](C)NC(=O)Nc1ccc(CCN2CCN(C)CC2)cc1. The highest BCUT2D eigenvalue weighted by Crippen LogP contribution is 2.11. The number of piperazine rings is 1. The number of carbonyl (C=O) groups excluding carboxylic acids is 1. The predicted molar refractivity (Wildman–Crippen MR) is 101 cm³/mol. The second kappa shape index (κ2) is 9.04. The van der Waals surface area contributed by atoms with Gasteiger partial charge in [0.1, 0.15) is 0 Å². The molecule has 2 rings (SSSR count). The number of hydrogen-bond donors (Lipinski definition) is 2. The van der Waals surface area contributed by atoms with E-state index in [4.69, 9.17) is 0 Å². The Hall–Kier alpha value is -1.59. The van der Waals surface area contributed by atoms with E-state index < -0.39 is 0 Å². The molecule has 1 atom stereocenters. The molecule has 5 nitrogen and oxygen atoms in total. The molecule has 0 radical (unpaired) electrons. The van der Waals surface area contributed by atoms with Crippen LogP contribution in [0, 0.1) is 5.92 Å². The maximum atomic E-state index is 11.9. The number of carbonyl (C=O) groups is 1. The lowest BCUT2D eigenvalue weighted by Crippen LogP contribution is -2.45. The van der Waals surface area contributed by atoms with Gasteiger partial charge in [0.15, 0.2) is 0 Å². The number of amides is 2. The highest BCUT2D eigenvalue weighted by atomic mass is 16.2. The Balaban J connectivity index is 1.75. The molecule has 0 unspecified atom stereocenters. The van der Waals surface area contributed by atoms with Crippen LogP contribution in [0.4, 0.5) is 10.5 Å². The number of benzene rings is 1. The van der Waals surface area contributed by atoms with Gasteiger partial charge in [-0.3, -0.25) is 0 Å². The van der Waals surface area contributed by atoms with Crippen LogP contribution in [0.3, 0.4) is 0 Å². The number of anilines is 1. The van der Waals surface area contributed by atoms with E-state index in [0.717, 1.165) is 44.8 Å². The summed E-state index contributed by atoms with van der Waals surface area (Å²) < 4.78 is 0. The van der Waals surface area contributed by atoms with Gasteiger partial charge < -0.3 is 20.4 Å². The molecule has 2 N–H and O–H groups in total. The standard InChI is InChI=1S/C19H32N4O/c1-15(2)16(3)20-19(24)21-18-7-5-17(6-8-18)9-10-23-13-11-22(4)12-14-23/h5-8,15-16H,9-14H2,1-4H3,(H2,20,21,24)/t16-/m1/s1. The van der Waals surface area contributed by atoms with Crippen LogP contribution in [0.2, 0.25) is 0 Å². The number of urea groups is 1. The van der Waals surface area contributed by atoms with Gasteiger partial charge in [-0.15, -0.1) is 0 Å². The molecular weight excluding hydrogens is 300 g/mol. The van der Waals surface area contributed by atoms with Crippen LogP contribution in [-0.2, 0) is 6.42 Å². The lowest BCUT2D eigenvalue weighted by Gasteiger charge is -2.32. The zero-order valence-corrected chi connectivity index (χ0v) is 15.5. The number of likely N-dealkylation sites (N-methyl/N-ethyl adjacent to an activating group) is 1. The number of nitrogens with zero attached hydrogens (tertiary/aromatic N) is 2. The third kappa shape index (κ3) is 6.13. The molecule has 0 aliphatic carbocycles. The maximum Gasteiger partial charge on any atom is 0.319 e. The molecule has 134 valence electrons. The molecule has 0 bridgehead atoms. The highest BCUT2D eigenvalue weighted by Gasteiger charge is 2.13. The molecule has 1 aliphatic rings. The average molecular weight is 332 g/mol. The Morgan fingerprint density at radius 3 is 2.29 bits per heavy atom. The molecule has 5 heteroatoms. The number of nitrogens with one attached hydrogen (secondary N) is 2. The van der Waals surface area contributed by atoms with Gasteiger partial charge in [-0.25, -0.2) is 4.79 Å². The number of hydrogen-bond acceptors (Lipinski definition) is 3. The van der Waals surface area contributed by atoms with Gasteiger partial charge in [-0.2, -0.15) is 0 Å². The summed E-state index contributed by atoms with van der Waals surface area (Å²) in [7, 11) is 2.18. The second-order valence-corrected chi connectivity index (χ2v) is 7.22. The topological polar surface area (TPSA) is 47.6 Å². The summed E-state index contributed by atoms with van der Waals surface area (Å²) in [5.41, 5.74) is 2.15. The fourth-order valence-corrected chi connectivity index (χ4v) is 2.65. The van der Waals surface area contributed by atoms with Crippen LogP contribution in [0.25, 0.3) is 0 Å². The summed E-state index contributed by atoms with van der Waals surface area (Å²) in [4.78, 5) is 16.8. The first-order valence-corrected chi connectivity index (χ1v) is 9.01. The molecule has 1 heterocycles. The molecule has 1 fully saturated rings. The fraction of sp³-hybridized carbons (Fsp3) is 0.632. The summed E-state index contributed by atoms with van der Waals surface area (Å²) in [6.07, 6.45) is 1.06. The van der Waals surface area contributed by atoms with Crippen molar-refractivity contribution in [3.63, 3.8) is 0 Å². The Bertz CT molecular complexity index is 507. The molecule has 1 saturated heterocycles. The lowest BCUT2D eigenvalue weighted by molar-refractivity contribution is 0.155. The van der Waals surface area contributed by atoms with Crippen LogP contribution in [0.15, 0.2) is 24.3 Å². The van der Waals surface area contributed by atoms with Crippen LogP contribution < -0.4 is 10.6 Å². The third-order valence-corrected chi connectivity index (χ3v) is 4.88. The molecule has 0 saturated carbocycles. The molecule has 1 aromatic carbocycles. The summed E-state index contributed by atoms with van der Waals surface area (Å²) in [6.45, 7) is 12.0. The molecule has 0 spiro atoms. The minimum atomic E-state index is -0.138. The van der Waals surface area contributed by atoms with Crippen LogP contribution in [0.1, 0.15) is 26.3 Å². The molecular formula is C19H32N4O. The average Bonchev–Trinajstić information content (AvgIpc) is 2.55. The molecule has 1 aromatic rings. The first-order valence-electron chi connectivity index (χ1n) is 9.01.